The van der Waals surface area contributed by atoms with E-state index in [4.69, 9.17) is 4.74 Å². The molecule has 0 radical (unpaired) electrons. The van der Waals surface area contributed by atoms with E-state index in [0.29, 0.717) is 11.6 Å². The van der Waals surface area contributed by atoms with Gasteiger partial charge >= 0.3 is 0 Å². The third-order valence-electron chi connectivity index (χ3n) is 11.2. The van der Waals surface area contributed by atoms with Crippen LogP contribution in [0.3, 0.4) is 0 Å². The number of hydrogen-bond donors (Lipinski definition) is 0. The van der Waals surface area contributed by atoms with Gasteiger partial charge in [-0.1, -0.05) is 120 Å². The number of benzene rings is 6. The summed E-state index contributed by atoms with van der Waals surface area (Å²) in [5, 5.41) is 0. The van der Waals surface area contributed by atoms with Gasteiger partial charge < -0.3 is 14.5 Å². The van der Waals surface area contributed by atoms with Gasteiger partial charge in [-0.2, -0.15) is 29.8 Å². The van der Waals surface area contributed by atoms with Crippen LogP contribution in [0.2, 0.25) is 0 Å². The average Bonchev–Trinajstić information content (AvgIpc) is 3.57. The van der Waals surface area contributed by atoms with Gasteiger partial charge in [0.05, 0.1) is 0 Å². The van der Waals surface area contributed by atoms with Crippen LogP contribution < -0.4 is 14.5 Å². The number of fused-ring (bicyclic) bond motifs is 1. The molecular formula is C53H50N3OPt-3. The van der Waals surface area contributed by atoms with Crippen LogP contribution in [0.15, 0.2) is 152 Å². The zero-order valence-corrected chi connectivity index (χ0v) is 36.8. The van der Waals surface area contributed by atoms with Crippen molar-refractivity contribution in [2.45, 2.75) is 71.6 Å². The van der Waals surface area contributed by atoms with Gasteiger partial charge in [-0.15, -0.1) is 41.7 Å². The molecule has 58 heavy (non-hydrogen) atoms. The number of rotatable bonds is 8. The Morgan fingerprint density at radius 1 is 0.534 bits per heavy atom. The van der Waals surface area contributed by atoms with E-state index >= 15 is 0 Å². The van der Waals surface area contributed by atoms with Crippen molar-refractivity contribution in [3.8, 4) is 11.6 Å². The molecule has 0 saturated carbocycles. The summed E-state index contributed by atoms with van der Waals surface area (Å²) in [6, 6.07) is 59.5. The maximum absolute atomic E-state index is 6.56. The molecule has 6 aromatic carbocycles. The predicted octanol–water partition coefficient (Wildman–Crippen LogP) is 13.5. The molecule has 1 aliphatic rings. The second-order valence-corrected chi connectivity index (χ2v) is 17.2. The standard InChI is InChI=1S/C53H50N3O.Pt/c1-37-29-48-49(30-38(37)2)56(36-55(48)45-24-16-11-17-25-45)46-32-43(52(6,7)8)31-44(33-46)53(39-19-12-9-13-20-39,40-21-14-10-15-22-40)42-23-18-26-47(34-42)57-50-35-41(27-28-54-50)51(3,4)5;/h9-32,35-36H,1-8H3;/q-3;. The predicted molar refractivity (Wildman–Crippen MR) is 235 cm³/mol. The third kappa shape index (κ3) is 7.75. The number of para-hydroxylation sites is 1. The Balaban J connectivity index is 0.00000512. The smallest absolute Gasteiger partial charge is 0.216 e. The normalized spacial score (nSPS) is 12.9. The van der Waals surface area contributed by atoms with Crippen molar-refractivity contribution < 1.29 is 25.8 Å². The molecule has 7 aromatic rings. The Hall–Kier alpha value is -5.44. The van der Waals surface area contributed by atoms with E-state index in [9.17, 15) is 0 Å². The molecule has 0 bridgehead atoms. The van der Waals surface area contributed by atoms with Crippen LogP contribution in [-0.4, -0.2) is 4.98 Å². The Morgan fingerprint density at radius 2 is 1.10 bits per heavy atom. The Kier molecular flexibility index (Phi) is 11.3. The number of pyridine rings is 1. The number of nitrogens with zero attached hydrogens (tertiary/aromatic N) is 3. The summed E-state index contributed by atoms with van der Waals surface area (Å²) in [5.41, 5.74) is 12.3. The molecule has 0 aliphatic carbocycles. The molecule has 0 amide bonds. The molecule has 0 spiro atoms. The summed E-state index contributed by atoms with van der Waals surface area (Å²) in [7, 11) is 0. The summed E-state index contributed by atoms with van der Waals surface area (Å²) in [6.07, 6.45) is 1.82. The van der Waals surface area contributed by atoms with Crippen molar-refractivity contribution in [1.29, 1.82) is 0 Å². The Labute approximate surface area is 359 Å². The van der Waals surface area contributed by atoms with Crippen molar-refractivity contribution in [1.82, 2.24) is 4.98 Å². The summed E-state index contributed by atoms with van der Waals surface area (Å²) in [4.78, 5) is 9.21. The van der Waals surface area contributed by atoms with E-state index in [-0.39, 0.29) is 31.9 Å². The van der Waals surface area contributed by atoms with Gasteiger partial charge in [0.25, 0.3) is 0 Å². The maximum atomic E-state index is 6.56. The molecular weight excluding hydrogens is 890 g/mol. The van der Waals surface area contributed by atoms with Crippen molar-refractivity contribution in [3.63, 3.8) is 0 Å². The van der Waals surface area contributed by atoms with E-state index in [1.165, 1.54) is 16.7 Å². The molecule has 296 valence electrons. The van der Waals surface area contributed by atoms with Crippen LogP contribution in [0.5, 0.6) is 11.6 Å². The molecule has 8 rings (SSSR count). The number of ether oxygens (including phenoxy) is 1. The van der Waals surface area contributed by atoms with Crippen molar-refractivity contribution in [2.24, 2.45) is 0 Å². The first-order valence-corrected chi connectivity index (χ1v) is 19.8. The zero-order valence-electron chi connectivity index (χ0n) is 34.6. The van der Waals surface area contributed by atoms with Crippen LogP contribution >= 0.6 is 0 Å². The first-order valence-electron chi connectivity index (χ1n) is 19.8. The first-order chi connectivity index (χ1) is 27.3. The average molecular weight is 940 g/mol. The fourth-order valence-electron chi connectivity index (χ4n) is 7.80. The van der Waals surface area contributed by atoms with Crippen molar-refractivity contribution in [3.05, 3.63) is 215 Å². The van der Waals surface area contributed by atoms with E-state index in [1.807, 2.05) is 18.3 Å². The van der Waals surface area contributed by atoms with Crippen LogP contribution in [0.4, 0.5) is 22.7 Å². The number of anilines is 4. The van der Waals surface area contributed by atoms with Crippen molar-refractivity contribution in [2.75, 3.05) is 9.80 Å². The van der Waals surface area contributed by atoms with Crippen LogP contribution in [-0.2, 0) is 37.3 Å². The second-order valence-electron chi connectivity index (χ2n) is 17.2. The van der Waals surface area contributed by atoms with Gasteiger partial charge in [0.1, 0.15) is 0 Å². The molecule has 1 aromatic heterocycles. The molecule has 0 fully saturated rings. The monoisotopic (exact) mass is 939 g/mol. The van der Waals surface area contributed by atoms with Crippen LogP contribution in [0.1, 0.15) is 86.1 Å². The minimum atomic E-state index is -0.830. The van der Waals surface area contributed by atoms with Crippen LogP contribution in [0.25, 0.3) is 0 Å². The molecule has 5 heteroatoms. The summed E-state index contributed by atoms with van der Waals surface area (Å²) < 4.78 is 6.56. The van der Waals surface area contributed by atoms with Gasteiger partial charge in [-0.25, -0.2) is 4.98 Å². The summed E-state index contributed by atoms with van der Waals surface area (Å²) in [6.45, 7) is 20.0. The van der Waals surface area contributed by atoms with Crippen LogP contribution in [0, 0.1) is 32.6 Å². The van der Waals surface area contributed by atoms with Gasteiger partial charge in [0.15, 0.2) is 0 Å². The molecule has 1 aliphatic heterocycles. The van der Waals surface area contributed by atoms with Crippen molar-refractivity contribution >= 4 is 22.7 Å². The summed E-state index contributed by atoms with van der Waals surface area (Å²) >= 11 is 0. The second kappa shape index (κ2) is 16.1. The summed E-state index contributed by atoms with van der Waals surface area (Å²) in [5.74, 6) is 1.14. The van der Waals surface area contributed by atoms with E-state index < -0.39 is 5.41 Å². The number of aryl methyl sites for hydroxylation is 2. The third-order valence-corrected chi connectivity index (χ3v) is 11.2. The molecule has 4 nitrogen and oxygen atoms in total. The zero-order chi connectivity index (χ0) is 40.0. The first kappa shape index (κ1) is 40.7. The maximum Gasteiger partial charge on any atom is 0.216 e. The van der Waals surface area contributed by atoms with Gasteiger partial charge in [0, 0.05) is 61.6 Å². The SMILES string of the molecule is Cc1cc2c(cc1C)N(c1ccccc1)[CH-]N2c1[c-]c(C(c2[c-]c(Oc3cc(C(C)(C)C)ccn3)ccc2)(c2ccccc2)c2ccccc2)cc(C(C)(C)C)c1.[Pt]. The minimum Gasteiger partial charge on any atom is -0.493 e. The largest absolute Gasteiger partial charge is 0.493 e. The quantitative estimate of drug-likeness (QED) is 0.112. The van der Waals surface area contributed by atoms with E-state index in [2.05, 4.69) is 222 Å². The Bertz CT molecular complexity index is 2480. The molecule has 2 heterocycles. The Morgan fingerprint density at radius 3 is 1.69 bits per heavy atom. The molecule has 0 atom stereocenters. The number of hydrogen-bond acceptors (Lipinski definition) is 4. The van der Waals surface area contributed by atoms with E-state index in [0.717, 1.165) is 50.6 Å². The molecule has 0 saturated heterocycles. The fraction of sp³-hybridized carbons (Fsp3) is 0.208. The number of aromatic nitrogens is 1. The van der Waals surface area contributed by atoms with E-state index in [1.54, 1.807) is 0 Å². The van der Waals surface area contributed by atoms with Gasteiger partial charge in [0.2, 0.25) is 5.88 Å². The molecule has 0 unspecified atom stereocenters. The van der Waals surface area contributed by atoms with Gasteiger partial charge in [-0.05, 0) is 82.8 Å². The molecule has 0 N–H and O–H groups in total. The topological polar surface area (TPSA) is 28.6 Å². The minimum absolute atomic E-state index is 0. The fourth-order valence-corrected chi connectivity index (χ4v) is 7.80. The van der Waals surface area contributed by atoms with Gasteiger partial charge in [-0.3, -0.25) is 0 Å².